The van der Waals surface area contributed by atoms with Crippen LogP contribution in [0.3, 0.4) is 0 Å². The summed E-state index contributed by atoms with van der Waals surface area (Å²) >= 11 is 0. The highest BCUT2D eigenvalue weighted by molar-refractivity contribution is 7.47. The number of phosphoric ester groups is 2. The number of carbonyl (C=O) groups excluding carboxylic acids is 4. The summed E-state index contributed by atoms with van der Waals surface area (Å²) in [4.78, 5) is 72.6. The van der Waals surface area contributed by atoms with Crippen LogP contribution in [0.4, 0.5) is 0 Å². The van der Waals surface area contributed by atoms with Crippen LogP contribution in [0.5, 0.6) is 0 Å². The Morgan fingerprint density at radius 2 is 0.495 bits per heavy atom. The zero-order chi connectivity index (χ0) is 68.4. The number of phosphoric acid groups is 2. The number of unbranched alkanes of at least 4 members (excludes halogenated alkanes) is 46. The lowest BCUT2D eigenvalue weighted by Gasteiger charge is -2.21. The van der Waals surface area contributed by atoms with Crippen molar-refractivity contribution in [2.45, 2.75) is 406 Å². The monoisotopic (exact) mass is 1370 g/mol. The van der Waals surface area contributed by atoms with Gasteiger partial charge in [0.05, 0.1) is 26.4 Å². The molecule has 5 atom stereocenters. The van der Waals surface area contributed by atoms with Crippen molar-refractivity contribution < 1.29 is 80.2 Å². The van der Waals surface area contributed by atoms with Crippen LogP contribution in [-0.4, -0.2) is 96.7 Å². The number of aliphatic hydroxyl groups is 1. The van der Waals surface area contributed by atoms with Crippen molar-refractivity contribution in [3.63, 3.8) is 0 Å². The van der Waals surface area contributed by atoms with Gasteiger partial charge in [0, 0.05) is 25.7 Å². The molecule has 0 fully saturated rings. The Morgan fingerprint density at radius 3 is 0.731 bits per heavy atom. The van der Waals surface area contributed by atoms with Crippen LogP contribution in [0.15, 0.2) is 0 Å². The minimum absolute atomic E-state index is 0.106. The van der Waals surface area contributed by atoms with Gasteiger partial charge in [0.25, 0.3) is 0 Å². The van der Waals surface area contributed by atoms with Crippen molar-refractivity contribution >= 4 is 39.5 Å². The van der Waals surface area contributed by atoms with Gasteiger partial charge in [0.1, 0.15) is 19.3 Å². The lowest BCUT2D eigenvalue weighted by molar-refractivity contribution is -0.161. The molecular weight excluding hydrogens is 1220 g/mol. The molecule has 2 unspecified atom stereocenters. The number of aliphatic hydroxyl groups excluding tert-OH is 1. The van der Waals surface area contributed by atoms with Crippen molar-refractivity contribution in [1.29, 1.82) is 0 Å². The first-order chi connectivity index (χ1) is 45.0. The van der Waals surface area contributed by atoms with Gasteiger partial charge in [0.15, 0.2) is 12.2 Å². The van der Waals surface area contributed by atoms with Gasteiger partial charge in [-0.1, -0.05) is 336 Å². The van der Waals surface area contributed by atoms with E-state index in [-0.39, 0.29) is 25.7 Å². The molecule has 0 aliphatic carbocycles. The summed E-state index contributed by atoms with van der Waals surface area (Å²) in [5.41, 5.74) is 0. The Labute approximate surface area is 568 Å². The predicted octanol–water partition coefficient (Wildman–Crippen LogP) is 21.7. The van der Waals surface area contributed by atoms with Crippen LogP contribution in [-0.2, 0) is 65.4 Å². The first-order valence-electron chi connectivity index (χ1n) is 38.6. The SMILES string of the molecule is CCCCCCCCCCCCCCCCCCCCCCCC(=O)O[C@H](COC(=O)CCCCCCCCCCCCCCC)COP(=O)(O)OC[C@@H](O)COP(=O)(O)OC[C@@H](COC(=O)CCCCCCCCC(C)C)OC(=O)CCCCCCCCCCCC. The van der Waals surface area contributed by atoms with E-state index in [0.717, 1.165) is 96.3 Å². The largest absolute Gasteiger partial charge is 0.472 e. The third-order valence-corrected chi connectivity index (χ3v) is 19.2. The van der Waals surface area contributed by atoms with Crippen molar-refractivity contribution in [2.75, 3.05) is 39.6 Å². The molecule has 0 aliphatic rings. The minimum atomic E-state index is -4.95. The maximum atomic E-state index is 13.1. The van der Waals surface area contributed by atoms with E-state index >= 15 is 0 Å². The summed E-state index contributed by atoms with van der Waals surface area (Å²) in [6.07, 6.45) is 55.7. The summed E-state index contributed by atoms with van der Waals surface area (Å²) in [7, 11) is -9.90. The Morgan fingerprint density at radius 1 is 0.290 bits per heavy atom. The van der Waals surface area contributed by atoms with E-state index < -0.39 is 97.5 Å². The fourth-order valence-corrected chi connectivity index (χ4v) is 12.9. The zero-order valence-corrected chi connectivity index (χ0v) is 62.2. The van der Waals surface area contributed by atoms with E-state index in [9.17, 15) is 43.2 Å². The molecule has 0 aromatic carbocycles. The maximum absolute atomic E-state index is 13.1. The third-order valence-electron chi connectivity index (χ3n) is 17.3. The van der Waals surface area contributed by atoms with E-state index in [4.69, 9.17) is 37.0 Å². The number of carbonyl (C=O) groups is 4. The van der Waals surface area contributed by atoms with Gasteiger partial charge in [-0.15, -0.1) is 0 Å². The Bertz CT molecular complexity index is 1790. The summed E-state index contributed by atoms with van der Waals surface area (Å²) in [5.74, 6) is -1.44. The quantitative estimate of drug-likeness (QED) is 0.0222. The average Bonchev–Trinajstić information content (AvgIpc) is 2.57. The normalized spacial score (nSPS) is 14.0. The summed E-state index contributed by atoms with van der Waals surface area (Å²) in [6.45, 7) is 7.18. The molecule has 93 heavy (non-hydrogen) atoms. The summed E-state index contributed by atoms with van der Waals surface area (Å²) in [5, 5.41) is 10.6. The molecular formula is C74H144O17P2. The van der Waals surface area contributed by atoms with E-state index in [1.54, 1.807) is 0 Å². The van der Waals surface area contributed by atoms with Crippen LogP contribution in [0.1, 0.15) is 388 Å². The third kappa shape index (κ3) is 68.4. The highest BCUT2D eigenvalue weighted by atomic mass is 31.2. The van der Waals surface area contributed by atoms with Gasteiger partial charge in [-0.05, 0) is 31.6 Å². The number of ether oxygens (including phenoxy) is 4. The van der Waals surface area contributed by atoms with Crippen molar-refractivity contribution in [1.82, 2.24) is 0 Å². The zero-order valence-electron chi connectivity index (χ0n) is 60.4. The molecule has 0 aliphatic heterocycles. The Kier molecular flexibility index (Phi) is 65.9. The molecule has 0 aromatic heterocycles. The highest BCUT2D eigenvalue weighted by Crippen LogP contribution is 2.45. The van der Waals surface area contributed by atoms with Crippen molar-refractivity contribution in [3.8, 4) is 0 Å². The number of hydrogen-bond donors (Lipinski definition) is 3. The summed E-state index contributed by atoms with van der Waals surface area (Å²) < 4.78 is 68.3. The standard InChI is InChI=1S/C74H144O17P2/c1-6-9-12-15-18-21-24-26-27-28-29-30-31-32-33-35-37-40-43-50-55-60-74(79)90-69(63-84-71(76)57-52-47-41-39-36-34-25-22-19-16-13-10-7-2)65-88-92(80,81)86-61-68(75)62-87-93(82,83)89-66-70(64-85-72(77)58-53-48-45-44-46-51-56-67(4)5)91-73(78)59-54-49-42-38-23-20-17-14-11-8-3/h67-70,75H,6-66H2,1-5H3,(H,80,81)(H,82,83)/t68-,69-,70-/m1/s1. The number of esters is 4. The Balaban J connectivity index is 5.17. The summed E-state index contributed by atoms with van der Waals surface area (Å²) in [6, 6.07) is 0. The molecule has 0 heterocycles. The molecule has 0 amide bonds. The minimum Gasteiger partial charge on any atom is -0.462 e. The molecule has 0 aromatic rings. The lowest BCUT2D eigenvalue weighted by Crippen LogP contribution is -2.30. The first kappa shape index (κ1) is 91.1. The lowest BCUT2D eigenvalue weighted by atomic mass is 10.0. The molecule has 0 spiro atoms. The average molecular weight is 1370 g/mol. The van der Waals surface area contributed by atoms with E-state index in [2.05, 4.69) is 34.6 Å². The van der Waals surface area contributed by atoms with Gasteiger partial charge < -0.3 is 33.8 Å². The second kappa shape index (κ2) is 67.3. The van der Waals surface area contributed by atoms with Crippen LogP contribution in [0.2, 0.25) is 0 Å². The highest BCUT2D eigenvalue weighted by Gasteiger charge is 2.30. The fourth-order valence-electron chi connectivity index (χ4n) is 11.4. The van der Waals surface area contributed by atoms with E-state index in [1.165, 1.54) is 205 Å². The fraction of sp³-hybridized carbons (Fsp3) is 0.946. The molecule has 3 N–H and O–H groups in total. The molecule has 17 nitrogen and oxygen atoms in total. The van der Waals surface area contributed by atoms with Gasteiger partial charge in [-0.2, -0.15) is 0 Å². The maximum Gasteiger partial charge on any atom is 0.472 e. The predicted molar refractivity (Wildman–Crippen MR) is 377 cm³/mol. The number of hydrogen-bond acceptors (Lipinski definition) is 15. The topological polar surface area (TPSA) is 237 Å². The Hall–Kier alpha value is -1.94. The van der Waals surface area contributed by atoms with Crippen LogP contribution in [0.25, 0.3) is 0 Å². The first-order valence-corrected chi connectivity index (χ1v) is 41.6. The van der Waals surface area contributed by atoms with E-state index in [1.807, 2.05) is 0 Å². The van der Waals surface area contributed by atoms with Gasteiger partial charge in [-0.3, -0.25) is 37.3 Å². The van der Waals surface area contributed by atoms with E-state index in [0.29, 0.717) is 31.6 Å². The molecule has 0 saturated carbocycles. The van der Waals surface area contributed by atoms with Crippen molar-refractivity contribution in [2.24, 2.45) is 5.92 Å². The van der Waals surface area contributed by atoms with Gasteiger partial charge in [0.2, 0.25) is 0 Å². The van der Waals surface area contributed by atoms with Crippen LogP contribution in [0, 0.1) is 5.92 Å². The second-order valence-corrected chi connectivity index (χ2v) is 30.1. The smallest absolute Gasteiger partial charge is 0.462 e. The number of rotatable bonds is 74. The van der Waals surface area contributed by atoms with Gasteiger partial charge in [-0.25, -0.2) is 9.13 Å². The molecule has 0 saturated heterocycles. The van der Waals surface area contributed by atoms with Crippen molar-refractivity contribution in [3.05, 3.63) is 0 Å². The molecule has 19 heteroatoms. The van der Waals surface area contributed by atoms with Crippen LogP contribution < -0.4 is 0 Å². The molecule has 0 rings (SSSR count). The molecule has 0 bridgehead atoms. The second-order valence-electron chi connectivity index (χ2n) is 27.2. The molecule has 552 valence electrons. The van der Waals surface area contributed by atoms with Crippen LogP contribution >= 0.6 is 15.6 Å². The molecule has 0 radical (unpaired) electrons. The van der Waals surface area contributed by atoms with Gasteiger partial charge >= 0.3 is 39.5 Å².